The van der Waals surface area contributed by atoms with Gasteiger partial charge in [-0.25, -0.2) is 0 Å². The molecular formula is C10H8N2O2. The first-order valence-corrected chi connectivity index (χ1v) is 4.19. The van der Waals surface area contributed by atoms with Crippen molar-refractivity contribution in [3.8, 4) is 0 Å². The smallest absolute Gasteiger partial charge is 0.258 e. The fraction of sp³-hybridized carbons (Fsp3) is 0.100. The standard InChI is InChI=1S/C10H8N2O2/c1-7-8-3-2-6-11-9(8)4-5-10(7)12(13)14/h2-6H,1H3. The summed E-state index contributed by atoms with van der Waals surface area (Å²) >= 11 is 0. The van der Waals surface area contributed by atoms with E-state index in [2.05, 4.69) is 4.98 Å². The molecule has 0 unspecified atom stereocenters. The highest BCUT2D eigenvalue weighted by atomic mass is 16.6. The number of nitrogens with zero attached hydrogens (tertiary/aromatic N) is 2. The predicted octanol–water partition coefficient (Wildman–Crippen LogP) is 2.45. The minimum absolute atomic E-state index is 0.144. The number of aryl methyl sites for hydroxylation is 1. The number of hydrogen-bond acceptors (Lipinski definition) is 3. The maximum atomic E-state index is 10.7. The fourth-order valence-electron chi connectivity index (χ4n) is 1.49. The van der Waals surface area contributed by atoms with Gasteiger partial charge in [0.2, 0.25) is 0 Å². The summed E-state index contributed by atoms with van der Waals surface area (Å²) < 4.78 is 0. The van der Waals surface area contributed by atoms with Crippen LogP contribution in [0.2, 0.25) is 0 Å². The first kappa shape index (κ1) is 8.62. The van der Waals surface area contributed by atoms with Crippen molar-refractivity contribution in [2.45, 2.75) is 6.92 Å². The van der Waals surface area contributed by atoms with E-state index in [-0.39, 0.29) is 10.6 Å². The van der Waals surface area contributed by atoms with Crippen LogP contribution in [0.3, 0.4) is 0 Å². The first-order valence-electron chi connectivity index (χ1n) is 4.19. The van der Waals surface area contributed by atoms with E-state index in [0.717, 1.165) is 10.9 Å². The second-order valence-corrected chi connectivity index (χ2v) is 3.04. The van der Waals surface area contributed by atoms with Gasteiger partial charge in [0, 0.05) is 23.2 Å². The molecule has 1 heterocycles. The van der Waals surface area contributed by atoms with Crippen molar-refractivity contribution < 1.29 is 4.92 Å². The molecule has 0 fully saturated rings. The molecule has 2 aromatic rings. The van der Waals surface area contributed by atoms with E-state index >= 15 is 0 Å². The van der Waals surface area contributed by atoms with Crippen molar-refractivity contribution in [1.82, 2.24) is 4.98 Å². The maximum absolute atomic E-state index is 10.7. The first-order chi connectivity index (χ1) is 6.70. The number of benzene rings is 1. The number of rotatable bonds is 1. The summed E-state index contributed by atoms with van der Waals surface area (Å²) in [5.41, 5.74) is 1.60. The monoisotopic (exact) mass is 188 g/mol. The lowest BCUT2D eigenvalue weighted by atomic mass is 10.1. The summed E-state index contributed by atoms with van der Waals surface area (Å²) in [4.78, 5) is 14.4. The van der Waals surface area contributed by atoms with Crippen molar-refractivity contribution >= 4 is 16.6 Å². The number of hydrogen-bond donors (Lipinski definition) is 0. The van der Waals surface area contributed by atoms with Crippen LogP contribution < -0.4 is 0 Å². The average Bonchev–Trinajstić information content (AvgIpc) is 2.18. The molecule has 0 spiro atoms. The molecule has 0 aliphatic heterocycles. The molecule has 1 aromatic heterocycles. The van der Waals surface area contributed by atoms with E-state index in [0.29, 0.717) is 5.56 Å². The highest BCUT2D eigenvalue weighted by Crippen LogP contribution is 2.25. The molecule has 0 aliphatic carbocycles. The zero-order valence-electron chi connectivity index (χ0n) is 7.60. The van der Waals surface area contributed by atoms with Crippen molar-refractivity contribution in [2.24, 2.45) is 0 Å². The minimum Gasteiger partial charge on any atom is -0.258 e. The van der Waals surface area contributed by atoms with Crippen LogP contribution in [-0.2, 0) is 0 Å². The minimum atomic E-state index is -0.373. The molecular weight excluding hydrogens is 180 g/mol. The molecule has 0 aliphatic rings. The number of fused-ring (bicyclic) bond motifs is 1. The number of nitro groups is 1. The van der Waals surface area contributed by atoms with Gasteiger partial charge >= 0.3 is 0 Å². The quantitative estimate of drug-likeness (QED) is 0.510. The van der Waals surface area contributed by atoms with E-state index in [1.165, 1.54) is 6.07 Å². The van der Waals surface area contributed by atoms with E-state index < -0.39 is 0 Å². The Morgan fingerprint density at radius 3 is 2.86 bits per heavy atom. The lowest BCUT2D eigenvalue weighted by molar-refractivity contribution is -0.385. The molecule has 0 saturated heterocycles. The summed E-state index contributed by atoms with van der Waals surface area (Å²) in [6.45, 7) is 1.74. The summed E-state index contributed by atoms with van der Waals surface area (Å²) in [6.07, 6.45) is 1.67. The van der Waals surface area contributed by atoms with Gasteiger partial charge in [0.05, 0.1) is 10.4 Å². The molecule has 0 N–H and O–H groups in total. The Bertz CT molecular complexity index is 508. The Labute approximate surface area is 80.4 Å². The molecule has 1 aromatic carbocycles. The van der Waals surface area contributed by atoms with Crippen LogP contribution in [0, 0.1) is 17.0 Å². The predicted molar refractivity (Wildman–Crippen MR) is 53.1 cm³/mol. The Hall–Kier alpha value is -1.97. The Balaban J connectivity index is 2.81. The summed E-state index contributed by atoms with van der Waals surface area (Å²) in [7, 11) is 0. The Morgan fingerprint density at radius 1 is 1.36 bits per heavy atom. The van der Waals surface area contributed by atoms with Crippen molar-refractivity contribution in [3.63, 3.8) is 0 Å². The van der Waals surface area contributed by atoms with Gasteiger partial charge in [0.1, 0.15) is 0 Å². The highest BCUT2D eigenvalue weighted by molar-refractivity contribution is 5.85. The zero-order chi connectivity index (χ0) is 10.1. The molecule has 0 saturated carbocycles. The van der Waals surface area contributed by atoms with Gasteiger partial charge in [-0.3, -0.25) is 15.1 Å². The van der Waals surface area contributed by atoms with Crippen LogP contribution in [-0.4, -0.2) is 9.91 Å². The molecule has 4 heteroatoms. The maximum Gasteiger partial charge on any atom is 0.273 e. The van der Waals surface area contributed by atoms with Gasteiger partial charge in [-0.05, 0) is 19.1 Å². The van der Waals surface area contributed by atoms with Gasteiger partial charge in [0.25, 0.3) is 5.69 Å². The topological polar surface area (TPSA) is 56.0 Å². The largest absolute Gasteiger partial charge is 0.273 e. The lowest BCUT2D eigenvalue weighted by Gasteiger charge is -2.01. The normalized spacial score (nSPS) is 10.4. The number of aromatic nitrogens is 1. The van der Waals surface area contributed by atoms with Crippen LogP contribution in [0.4, 0.5) is 5.69 Å². The van der Waals surface area contributed by atoms with Gasteiger partial charge in [-0.2, -0.15) is 0 Å². The van der Waals surface area contributed by atoms with E-state index in [4.69, 9.17) is 0 Å². The molecule has 0 radical (unpaired) electrons. The van der Waals surface area contributed by atoms with Crippen LogP contribution in [0.5, 0.6) is 0 Å². The highest BCUT2D eigenvalue weighted by Gasteiger charge is 2.12. The summed E-state index contributed by atoms with van der Waals surface area (Å²) in [6, 6.07) is 6.77. The lowest BCUT2D eigenvalue weighted by Crippen LogP contribution is -1.92. The van der Waals surface area contributed by atoms with Gasteiger partial charge < -0.3 is 0 Å². The SMILES string of the molecule is Cc1c([N+](=O)[O-])ccc2ncccc12. The van der Waals surface area contributed by atoms with Crippen molar-refractivity contribution in [2.75, 3.05) is 0 Å². The van der Waals surface area contributed by atoms with Crippen LogP contribution in [0.1, 0.15) is 5.56 Å². The zero-order valence-corrected chi connectivity index (χ0v) is 7.60. The molecule has 70 valence electrons. The van der Waals surface area contributed by atoms with Crippen LogP contribution in [0.25, 0.3) is 10.9 Å². The van der Waals surface area contributed by atoms with E-state index in [1.54, 1.807) is 25.3 Å². The van der Waals surface area contributed by atoms with Crippen LogP contribution in [0.15, 0.2) is 30.5 Å². The number of pyridine rings is 1. The third kappa shape index (κ3) is 1.21. The molecule has 0 amide bonds. The summed E-state index contributed by atoms with van der Waals surface area (Å²) in [5.74, 6) is 0. The number of nitro benzene ring substituents is 1. The molecule has 4 nitrogen and oxygen atoms in total. The third-order valence-corrected chi connectivity index (χ3v) is 2.22. The van der Waals surface area contributed by atoms with Gasteiger partial charge in [-0.15, -0.1) is 0 Å². The van der Waals surface area contributed by atoms with Crippen LogP contribution >= 0.6 is 0 Å². The van der Waals surface area contributed by atoms with E-state index in [9.17, 15) is 10.1 Å². The molecule has 0 bridgehead atoms. The van der Waals surface area contributed by atoms with Gasteiger partial charge in [0.15, 0.2) is 0 Å². The van der Waals surface area contributed by atoms with E-state index in [1.807, 2.05) is 6.07 Å². The Morgan fingerprint density at radius 2 is 2.14 bits per heavy atom. The van der Waals surface area contributed by atoms with Crippen molar-refractivity contribution in [3.05, 3.63) is 46.1 Å². The third-order valence-electron chi connectivity index (χ3n) is 2.22. The second kappa shape index (κ2) is 3.06. The molecule has 14 heavy (non-hydrogen) atoms. The summed E-state index contributed by atoms with van der Waals surface area (Å²) in [5, 5.41) is 11.5. The fourth-order valence-corrected chi connectivity index (χ4v) is 1.49. The van der Waals surface area contributed by atoms with Gasteiger partial charge in [-0.1, -0.05) is 6.07 Å². The van der Waals surface area contributed by atoms with Crippen molar-refractivity contribution in [1.29, 1.82) is 0 Å². The second-order valence-electron chi connectivity index (χ2n) is 3.04. The Kier molecular flexibility index (Phi) is 1.89. The molecule has 0 atom stereocenters. The average molecular weight is 188 g/mol. The molecule has 2 rings (SSSR count).